The standard InChI is InChI=1S/C21H17F3N2O3S/c1-13(27)18-17(15-5-3-2-4-6-15)25-20(30-18)26-19(28)16-9-7-14(8-10-16)11-29-12-21(22,23)24/h2-10H,11-12H2,1H3,(H,25,26,28). The van der Waals surface area contributed by atoms with Crippen LogP contribution in [-0.2, 0) is 11.3 Å². The molecule has 1 aromatic heterocycles. The minimum Gasteiger partial charge on any atom is -0.367 e. The highest BCUT2D eigenvalue weighted by Crippen LogP contribution is 2.31. The number of anilines is 1. The first-order chi connectivity index (χ1) is 14.2. The number of nitrogens with zero attached hydrogens (tertiary/aromatic N) is 1. The monoisotopic (exact) mass is 434 g/mol. The molecule has 0 radical (unpaired) electrons. The first-order valence-electron chi connectivity index (χ1n) is 8.85. The Bertz CT molecular complexity index is 1030. The minimum absolute atomic E-state index is 0.157. The van der Waals surface area contributed by atoms with Gasteiger partial charge in [0.1, 0.15) is 6.61 Å². The molecule has 0 fully saturated rings. The summed E-state index contributed by atoms with van der Waals surface area (Å²) in [5.74, 6) is -0.601. The highest BCUT2D eigenvalue weighted by Gasteiger charge is 2.27. The molecular formula is C21H17F3N2O3S. The molecule has 0 aliphatic heterocycles. The van der Waals surface area contributed by atoms with E-state index in [4.69, 9.17) is 0 Å². The number of alkyl halides is 3. The Hall–Kier alpha value is -3.04. The molecule has 2 aromatic carbocycles. The second-order valence-corrected chi connectivity index (χ2v) is 7.38. The average molecular weight is 434 g/mol. The van der Waals surface area contributed by atoms with E-state index in [1.54, 1.807) is 0 Å². The van der Waals surface area contributed by atoms with E-state index in [1.165, 1.54) is 31.2 Å². The third kappa shape index (κ3) is 5.74. The van der Waals surface area contributed by atoms with Crippen LogP contribution >= 0.6 is 11.3 Å². The number of hydrogen-bond donors (Lipinski definition) is 1. The Kier molecular flexibility index (Phi) is 6.63. The normalized spacial score (nSPS) is 11.3. The Morgan fingerprint density at radius 2 is 1.73 bits per heavy atom. The molecule has 0 bridgehead atoms. The number of benzene rings is 2. The fraction of sp³-hybridized carbons (Fsp3) is 0.190. The number of carbonyl (C=O) groups excluding carboxylic acids is 2. The van der Waals surface area contributed by atoms with Crippen molar-refractivity contribution in [3.05, 3.63) is 70.6 Å². The molecule has 0 aliphatic rings. The van der Waals surface area contributed by atoms with Gasteiger partial charge in [-0.25, -0.2) is 4.98 Å². The van der Waals surface area contributed by atoms with Crippen LogP contribution in [0.25, 0.3) is 11.3 Å². The molecule has 0 atom stereocenters. The second-order valence-electron chi connectivity index (χ2n) is 6.38. The summed E-state index contributed by atoms with van der Waals surface area (Å²) < 4.78 is 41.0. The van der Waals surface area contributed by atoms with Gasteiger partial charge >= 0.3 is 6.18 Å². The number of ketones is 1. The lowest BCUT2D eigenvalue weighted by atomic mass is 10.1. The van der Waals surface area contributed by atoms with Gasteiger partial charge < -0.3 is 4.74 Å². The number of amides is 1. The number of ether oxygens (including phenoxy) is 1. The Balaban J connectivity index is 1.69. The van der Waals surface area contributed by atoms with E-state index in [2.05, 4.69) is 15.0 Å². The Morgan fingerprint density at radius 3 is 2.33 bits per heavy atom. The lowest BCUT2D eigenvalue weighted by Crippen LogP contribution is -2.16. The summed E-state index contributed by atoms with van der Waals surface area (Å²) in [6, 6.07) is 15.2. The largest absolute Gasteiger partial charge is 0.411 e. The van der Waals surface area contributed by atoms with Crippen molar-refractivity contribution >= 4 is 28.2 Å². The van der Waals surface area contributed by atoms with E-state index >= 15 is 0 Å². The van der Waals surface area contributed by atoms with Crippen molar-refractivity contribution in [3.8, 4) is 11.3 Å². The second kappa shape index (κ2) is 9.19. The van der Waals surface area contributed by atoms with Crippen molar-refractivity contribution < 1.29 is 27.5 Å². The molecule has 9 heteroatoms. The molecule has 5 nitrogen and oxygen atoms in total. The fourth-order valence-electron chi connectivity index (χ4n) is 2.61. The molecule has 0 spiro atoms. The van der Waals surface area contributed by atoms with E-state index in [1.807, 2.05) is 30.3 Å². The third-order valence-corrected chi connectivity index (χ3v) is 5.04. The highest BCUT2D eigenvalue weighted by atomic mass is 32.1. The predicted octanol–water partition coefficient (Wildman–Crippen LogP) is 5.34. The summed E-state index contributed by atoms with van der Waals surface area (Å²) in [5, 5.41) is 2.94. The SMILES string of the molecule is CC(=O)c1sc(NC(=O)c2ccc(COCC(F)(F)F)cc2)nc1-c1ccccc1. The topological polar surface area (TPSA) is 68.3 Å². The number of nitrogens with one attached hydrogen (secondary N) is 1. The van der Waals surface area contributed by atoms with Gasteiger partial charge in [-0.3, -0.25) is 14.9 Å². The lowest BCUT2D eigenvalue weighted by molar-refractivity contribution is -0.176. The van der Waals surface area contributed by atoms with Gasteiger partial charge in [0.05, 0.1) is 17.2 Å². The molecule has 156 valence electrons. The molecule has 0 saturated carbocycles. The Morgan fingerprint density at radius 1 is 1.07 bits per heavy atom. The van der Waals surface area contributed by atoms with Gasteiger partial charge in [-0.2, -0.15) is 13.2 Å². The van der Waals surface area contributed by atoms with Gasteiger partial charge in [-0.1, -0.05) is 53.8 Å². The predicted molar refractivity (Wildman–Crippen MR) is 108 cm³/mol. The number of carbonyl (C=O) groups is 2. The summed E-state index contributed by atoms with van der Waals surface area (Å²) in [6.07, 6.45) is -4.38. The van der Waals surface area contributed by atoms with Crippen LogP contribution in [0.2, 0.25) is 0 Å². The van der Waals surface area contributed by atoms with Crippen molar-refractivity contribution in [2.45, 2.75) is 19.7 Å². The summed E-state index contributed by atoms with van der Waals surface area (Å²) >= 11 is 1.08. The van der Waals surface area contributed by atoms with E-state index in [-0.39, 0.29) is 17.5 Å². The molecule has 3 rings (SSSR count). The number of hydrogen-bond acceptors (Lipinski definition) is 5. The number of rotatable bonds is 7. The molecule has 1 heterocycles. The summed E-state index contributed by atoms with van der Waals surface area (Å²) in [5.41, 5.74) is 2.08. The van der Waals surface area contributed by atoms with Crippen molar-refractivity contribution in [1.82, 2.24) is 4.98 Å². The van der Waals surface area contributed by atoms with Crippen LogP contribution < -0.4 is 5.32 Å². The molecule has 1 N–H and O–H groups in total. The van der Waals surface area contributed by atoms with Gasteiger partial charge in [0, 0.05) is 18.1 Å². The van der Waals surface area contributed by atoms with Crippen LogP contribution in [-0.4, -0.2) is 29.5 Å². The van der Waals surface area contributed by atoms with E-state index in [0.29, 0.717) is 21.7 Å². The highest BCUT2D eigenvalue weighted by molar-refractivity contribution is 7.18. The summed E-state index contributed by atoms with van der Waals surface area (Å²) in [7, 11) is 0. The fourth-order valence-corrected chi connectivity index (χ4v) is 3.49. The minimum atomic E-state index is -4.38. The summed E-state index contributed by atoms with van der Waals surface area (Å²) in [4.78, 5) is 29.3. The van der Waals surface area contributed by atoms with Crippen molar-refractivity contribution in [1.29, 1.82) is 0 Å². The first-order valence-corrected chi connectivity index (χ1v) is 9.66. The van der Waals surface area contributed by atoms with Gasteiger partial charge in [-0.05, 0) is 17.7 Å². The van der Waals surface area contributed by atoms with Crippen LogP contribution in [0.4, 0.5) is 18.3 Å². The molecule has 30 heavy (non-hydrogen) atoms. The van der Waals surface area contributed by atoms with Gasteiger partial charge in [0.2, 0.25) is 0 Å². The van der Waals surface area contributed by atoms with E-state index in [9.17, 15) is 22.8 Å². The van der Waals surface area contributed by atoms with Crippen molar-refractivity contribution in [3.63, 3.8) is 0 Å². The van der Waals surface area contributed by atoms with Crippen molar-refractivity contribution in [2.75, 3.05) is 11.9 Å². The molecule has 3 aromatic rings. The van der Waals surface area contributed by atoms with E-state index < -0.39 is 18.7 Å². The molecule has 0 unspecified atom stereocenters. The smallest absolute Gasteiger partial charge is 0.367 e. The number of halogens is 3. The lowest BCUT2D eigenvalue weighted by Gasteiger charge is -2.08. The van der Waals surface area contributed by atoms with Crippen molar-refractivity contribution in [2.24, 2.45) is 0 Å². The molecular weight excluding hydrogens is 417 g/mol. The third-order valence-electron chi connectivity index (χ3n) is 3.97. The zero-order chi connectivity index (χ0) is 21.7. The zero-order valence-corrected chi connectivity index (χ0v) is 16.6. The maximum atomic E-state index is 12.5. The van der Waals surface area contributed by atoms with Crippen LogP contribution in [0, 0.1) is 0 Å². The number of aromatic nitrogens is 1. The molecule has 0 saturated heterocycles. The Labute approximate surface area is 174 Å². The van der Waals surface area contributed by atoms with Gasteiger partial charge in [0.25, 0.3) is 5.91 Å². The van der Waals surface area contributed by atoms with E-state index in [0.717, 1.165) is 16.9 Å². The zero-order valence-electron chi connectivity index (χ0n) is 15.8. The van der Waals surface area contributed by atoms with Gasteiger partial charge in [-0.15, -0.1) is 0 Å². The van der Waals surface area contributed by atoms with Crippen LogP contribution in [0.15, 0.2) is 54.6 Å². The van der Waals surface area contributed by atoms with Gasteiger partial charge in [0.15, 0.2) is 10.9 Å². The van der Waals surface area contributed by atoms with Crippen LogP contribution in [0.1, 0.15) is 32.5 Å². The number of Topliss-reactive ketones (excluding diaryl/α,β-unsaturated/α-hetero) is 1. The maximum absolute atomic E-state index is 12.5. The first kappa shape index (κ1) is 21.7. The average Bonchev–Trinajstić information content (AvgIpc) is 3.12. The number of thiazole rings is 1. The van der Waals surface area contributed by atoms with Crippen LogP contribution in [0.3, 0.4) is 0 Å². The quantitative estimate of drug-likeness (QED) is 0.510. The van der Waals surface area contributed by atoms with Crippen LogP contribution in [0.5, 0.6) is 0 Å². The summed E-state index contributed by atoms with van der Waals surface area (Å²) in [6.45, 7) is -0.108. The maximum Gasteiger partial charge on any atom is 0.411 e. The molecule has 0 aliphatic carbocycles. The molecule has 1 amide bonds.